The molecular formula is C27H24N2O2. The van der Waals surface area contributed by atoms with Crippen LogP contribution >= 0.6 is 0 Å². The highest BCUT2D eigenvalue weighted by molar-refractivity contribution is 5.90. The van der Waals surface area contributed by atoms with E-state index in [1.807, 2.05) is 37.3 Å². The molecule has 3 aromatic carbocycles. The van der Waals surface area contributed by atoms with Gasteiger partial charge < -0.3 is 4.74 Å². The van der Waals surface area contributed by atoms with Gasteiger partial charge in [0, 0.05) is 16.7 Å². The van der Waals surface area contributed by atoms with Gasteiger partial charge in [0.2, 0.25) is 0 Å². The molecule has 0 atom stereocenters. The first-order valence-corrected chi connectivity index (χ1v) is 10.7. The second-order valence-electron chi connectivity index (χ2n) is 7.77. The van der Waals surface area contributed by atoms with Crippen molar-refractivity contribution < 1.29 is 9.53 Å². The van der Waals surface area contributed by atoms with Crippen LogP contribution < -0.4 is 0 Å². The molecule has 0 unspecified atom stereocenters. The van der Waals surface area contributed by atoms with E-state index >= 15 is 0 Å². The molecule has 154 valence electrons. The van der Waals surface area contributed by atoms with Gasteiger partial charge in [-0.2, -0.15) is 5.10 Å². The van der Waals surface area contributed by atoms with Crippen LogP contribution in [0.2, 0.25) is 0 Å². The number of nitrogens with zero attached hydrogens (tertiary/aromatic N) is 2. The normalized spacial score (nSPS) is 12.2. The van der Waals surface area contributed by atoms with Gasteiger partial charge in [0.25, 0.3) is 0 Å². The third kappa shape index (κ3) is 3.66. The highest BCUT2D eigenvalue weighted by Crippen LogP contribution is 2.38. The minimum atomic E-state index is -0.289. The van der Waals surface area contributed by atoms with E-state index < -0.39 is 0 Å². The van der Waals surface area contributed by atoms with Crippen LogP contribution in [0.25, 0.3) is 22.5 Å². The summed E-state index contributed by atoms with van der Waals surface area (Å²) in [5.41, 5.74) is 8.89. The number of ether oxygens (including phenoxy) is 1. The van der Waals surface area contributed by atoms with E-state index in [0.717, 1.165) is 29.8 Å². The molecule has 0 aliphatic heterocycles. The molecule has 31 heavy (non-hydrogen) atoms. The van der Waals surface area contributed by atoms with E-state index in [1.165, 1.54) is 22.3 Å². The van der Waals surface area contributed by atoms with Crippen molar-refractivity contribution in [1.29, 1.82) is 0 Å². The Morgan fingerprint density at radius 3 is 2.45 bits per heavy atom. The third-order valence-corrected chi connectivity index (χ3v) is 5.81. The first-order valence-electron chi connectivity index (χ1n) is 10.7. The maximum atomic E-state index is 12.1. The highest BCUT2D eigenvalue weighted by atomic mass is 16.5. The summed E-state index contributed by atoms with van der Waals surface area (Å²) in [6.45, 7) is 2.89. The Morgan fingerprint density at radius 2 is 1.68 bits per heavy atom. The fourth-order valence-electron chi connectivity index (χ4n) is 4.35. The molecule has 0 fully saturated rings. The van der Waals surface area contributed by atoms with Crippen molar-refractivity contribution in [2.75, 3.05) is 6.61 Å². The lowest BCUT2D eigenvalue weighted by Gasteiger charge is -2.16. The van der Waals surface area contributed by atoms with Gasteiger partial charge in [0.1, 0.15) is 0 Å². The number of carbonyl (C=O) groups is 1. The van der Waals surface area contributed by atoms with E-state index in [2.05, 4.69) is 53.2 Å². The predicted molar refractivity (Wildman–Crippen MR) is 122 cm³/mol. The van der Waals surface area contributed by atoms with Crippen molar-refractivity contribution in [2.45, 2.75) is 26.3 Å². The Kier molecular flexibility index (Phi) is 5.13. The second-order valence-corrected chi connectivity index (χ2v) is 7.77. The Labute approximate surface area is 182 Å². The number of aryl methyl sites for hydroxylation is 1. The van der Waals surface area contributed by atoms with Gasteiger partial charge in [-0.1, -0.05) is 66.7 Å². The van der Waals surface area contributed by atoms with Gasteiger partial charge >= 0.3 is 5.97 Å². The summed E-state index contributed by atoms with van der Waals surface area (Å²) < 4.78 is 7.25. The molecule has 1 aliphatic carbocycles. The molecule has 1 aromatic heterocycles. The average molecular weight is 409 g/mol. The van der Waals surface area contributed by atoms with Crippen LogP contribution in [0.1, 0.15) is 34.0 Å². The van der Waals surface area contributed by atoms with Gasteiger partial charge in [0.05, 0.1) is 30.1 Å². The van der Waals surface area contributed by atoms with Gasteiger partial charge in [-0.25, -0.2) is 4.79 Å². The van der Waals surface area contributed by atoms with Crippen LogP contribution in [-0.4, -0.2) is 22.4 Å². The smallest absolute Gasteiger partial charge is 0.338 e. The molecule has 0 spiro atoms. The van der Waals surface area contributed by atoms with Crippen LogP contribution in [0, 0.1) is 0 Å². The first-order chi connectivity index (χ1) is 15.2. The van der Waals surface area contributed by atoms with Crippen molar-refractivity contribution >= 4 is 5.97 Å². The molecule has 0 saturated carbocycles. The largest absolute Gasteiger partial charge is 0.462 e. The van der Waals surface area contributed by atoms with Crippen LogP contribution in [-0.2, 0) is 24.1 Å². The van der Waals surface area contributed by atoms with E-state index in [4.69, 9.17) is 9.84 Å². The fraction of sp³-hybridized carbons (Fsp3) is 0.185. The Balaban J connectivity index is 1.62. The molecule has 0 N–H and O–H groups in total. The van der Waals surface area contributed by atoms with E-state index in [9.17, 15) is 4.79 Å². The lowest BCUT2D eigenvalue weighted by atomic mass is 9.88. The summed E-state index contributed by atoms with van der Waals surface area (Å²) >= 11 is 0. The summed E-state index contributed by atoms with van der Waals surface area (Å²) in [6, 6.07) is 26.6. The molecule has 0 radical (unpaired) electrons. The zero-order chi connectivity index (χ0) is 21.2. The number of hydrogen-bond donors (Lipinski definition) is 0. The minimum absolute atomic E-state index is 0.289. The number of hydrogen-bond acceptors (Lipinski definition) is 3. The fourth-order valence-corrected chi connectivity index (χ4v) is 4.35. The Hall–Kier alpha value is -3.66. The molecule has 1 heterocycles. The summed E-state index contributed by atoms with van der Waals surface area (Å²) in [4.78, 5) is 12.1. The number of carbonyl (C=O) groups excluding carboxylic acids is 1. The number of esters is 1. The van der Waals surface area contributed by atoms with Gasteiger partial charge in [0.15, 0.2) is 0 Å². The number of fused-ring (bicyclic) bond motifs is 3. The molecule has 1 aliphatic rings. The maximum Gasteiger partial charge on any atom is 0.338 e. The summed E-state index contributed by atoms with van der Waals surface area (Å²) in [7, 11) is 0. The third-order valence-electron chi connectivity index (χ3n) is 5.81. The summed E-state index contributed by atoms with van der Waals surface area (Å²) in [5.74, 6) is -0.289. The molecule has 0 saturated heterocycles. The van der Waals surface area contributed by atoms with E-state index in [-0.39, 0.29) is 5.97 Å². The molecule has 4 heteroatoms. The minimum Gasteiger partial charge on any atom is -0.462 e. The van der Waals surface area contributed by atoms with Crippen molar-refractivity contribution in [3.63, 3.8) is 0 Å². The van der Waals surface area contributed by atoms with Crippen LogP contribution in [0.3, 0.4) is 0 Å². The Bertz CT molecular complexity index is 1220. The van der Waals surface area contributed by atoms with E-state index in [0.29, 0.717) is 18.7 Å². The number of aromatic nitrogens is 2. The quantitative estimate of drug-likeness (QED) is 0.407. The van der Waals surface area contributed by atoms with Gasteiger partial charge in [-0.3, -0.25) is 4.68 Å². The molecule has 4 nitrogen and oxygen atoms in total. The predicted octanol–water partition coefficient (Wildman–Crippen LogP) is 5.54. The first kappa shape index (κ1) is 19.3. The molecule has 4 aromatic rings. The lowest BCUT2D eigenvalue weighted by molar-refractivity contribution is 0.0526. The van der Waals surface area contributed by atoms with Crippen molar-refractivity contribution in [2.24, 2.45) is 0 Å². The summed E-state index contributed by atoms with van der Waals surface area (Å²) in [6.07, 6.45) is 1.96. The van der Waals surface area contributed by atoms with Crippen LogP contribution in [0.5, 0.6) is 0 Å². The maximum absolute atomic E-state index is 12.1. The number of benzene rings is 3. The zero-order valence-corrected chi connectivity index (χ0v) is 17.5. The van der Waals surface area contributed by atoms with Gasteiger partial charge in [-0.15, -0.1) is 0 Å². The summed E-state index contributed by atoms with van der Waals surface area (Å²) in [5, 5.41) is 5.08. The van der Waals surface area contributed by atoms with Gasteiger partial charge in [-0.05, 0) is 43.0 Å². The SMILES string of the molecule is CCOC(=O)c1ccc(-c2c3c(nn2Cc2ccccc2)-c2ccccc2CC3)cc1. The molecule has 5 rings (SSSR count). The average Bonchev–Trinajstić information content (AvgIpc) is 3.18. The Morgan fingerprint density at radius 1 is 0.935 bits per heavy atom. The molecular weight excluding hydrogens is 384 g/mol. The zero-order valence-electron chi connectivity index (χ0n) is 17.5. The lowest BCUT2D eigenvalue weighted by Crippen LogP contribution is -2.06. The van der Waals surface area contributed by atoms with Crippen molar-refractivity contribution in [1.82, 2.24) is 9.78 Å². The highest BCUT2D eigenvalue weighted by Gasteiger charge is 2.25. The van der Waals surface area contributed by atoms with Crippen LogP contribution in [0.15, 0.2) is 78.9 Å². The number of rotatable bonds is 5. The standard InChI is InChI=1S/C27H24N2O2/c1-2-31-27(30)22-14-12-21(13-15-22)26-24-17-16-20-10-6-7-11-23(20)25(24)28-29(26)18-19-8-4-3-5-9-19/h3-15H,2,16-18H2,1H3. The van der Waals surface area contributed by atoms with E-state index in [1.54, 1.807) is 0 Å². The second kappa shape index (κ2) is 8.23. The molecule has 0 bridgehead atoms. The van der Waals surface area contributed by atoms with Crippen LogP contribution in [0.4, 0.5) is 0 Å². The monoisotopic (exact) mass is 408 g/mol. The van der Waals surface area contributed by atoms with Crippen molar-refractivity contribution in [3.8, 4) is 22.5 Å². The topological polar surface area (TPSA) is 44.1 Å². The van der Waals surface area contributed by atoms with Crippen molar-refractivity contribution in [3.05, 3.63) is 101 Å². The molecule has 0 amide bonds.